The highest BCUT2D eigenvalue weighted by Gasteiger charge is 2.24. The van der Waals surface area contributed by atoms with E-state index in [4.69, 9.17) is 4.74 Å². The Balaban J connectivity index is 1.82. The van der Waals surface area contributed by atoms with Gasteiger partial charge in [0.05, 0.1) is 6.61 Å². The minimum Gasteiger partial charge on any atom is -0.504 e. The molecule has 3 rings (SSSR count). The van der Waals surface area contributed by atoms with Gasteiger partial charge in [-0.25, -0.2) is 0 Å². The fraction of sp³-hybridized carbons (Fsp3) is 0.235. The highest BCUT2D eigenvalue weighted by atomic mass is 16.5. The maximum atomic E-state index is 12.6. The van der Waals surface area contributed by atoms with Gasteiger partial charge in [0.15, 0.2) is 11.5 Å². The molecule has 108 valence electrons. The molecule has 0 aliphatic carbocycles. The van der Waals surface area contributed by atoms with Gasteiger partial charge in [-0.1, -0.05) is 24.3 Å². The number of benzene rings is 2. The zero-order chi connectivity index (χ0) is 14.8. The maximum absolute atomic E-state index is 12.6. The first-order valence-electron chi connectivity index (χ1n) is 7.01. The molecule has 0 unspecified atom stereocenters. The average molecular weight is 283 g/mol. The highest BCUT2D eigenvalue weighted by Crippen LogP contribution is 2.29. The quantitative estimate of drug-likeness (QED) is 0.942. The van der Waals surface area contributed by atoms with Crippen LogP contribution in [0.1, 0.15) is 28.4 Å². The highest BCUT2D eigenvalue weighted by molar-refractivity contribution is 5.95. The van der Waals surface area contributed by atoms with Gasteiger partial charge in [0.25, 0.3) is 5.91 Å². The van der Waals surface area contributed by atoms with Crippen molar-refractivity contribution in [1.82, 2.24) is 4.90 Å². The lowest BCUT2D eigenvalue weighted by Gasteiger charge is -2.16. The summed E-state index contributed by atoms with van der Waals surface area (Å²) in [6.45, 7) is 3.53. The molecule has 21 heavy (non-hydrogen) atoms. The van der Waals surface area contributed by atoms with Crippen LogP contribution >= 0.6 is 0 Å². The Morgan fingerprint density at radius 2 is 1.86 bits per heavy atom. The van der Waals surface area contributed by atoms with Crippen LogP contribution in [-0.4, -0.2) is 22.5 Å². The number of hydrogen-bond acceptors (Lipinski definition) is 3. The standard InChI is InChI=1S/C17H17NO3/c1-2-21-16-9-12(7-8-15(16)19)17(20)18-10-13-5-3-4-6-14(13)11-18/h3-9,19H,2,10-11H2,1H3. The SMILES string of the molecule is CCOc1cc(C(=O)N2Cc3ccccc3C2)ccc1O. The van der Waals surface area contributed by atoms with Crippen molar-refractivity contribution >= 4 is 5.91 Å². The molecular formula is C17H17NO3. The molecule has 0 bridgehead atoms. The Morgan fingerprint density at radius 3 is 2.48 bits per heavy atom. The van der Waals surface area contributed by atoms with Crippen molar-refractivity contribution in [2.75, 3.05) is 6.61 Å². The third-order valence-corrected chi connectivity index (χ3v) is 3.63. The van der Waals surface area contributed by atoms with Gasteiger partial charge in [-0.2, -0.15) is 0 Å². The number of carbonyl (C=O) groups is 1. The Labute approximate surface area is 123 Å². The second-order valence-electron chi connectivity index (χ2n) is 5.05. The molecule has 1 aliphatic heterocycles. The van der Waals surface area contributed by atoms with E-state index in [1.807, 2.05) is 31.2 Å². The molecule has 4 heteroatoms. The van der Waals surface area contributed by atoms with Crippen LogP contribution in [0.3, 0.4) is 0 Å². The van der Waals surface area contributed by atoms with Crippen LogP contribution in [0.15, 0.2) is 42.5 Å². The molecule has 2 aromatic rings. The number of amides is 1. The smallest absolute Gasteiger partial charge is 0.254 e. The number of aromatic hydroxyl groups is 1. The van der Waals surface area contributed by atoms with E-state index in [0.29, 0.717) is 31.0 Å². The summed E-state index contributed by atoms with van der Waals surface area (Å²) in [6, 6.07) is 12.8. The lowest BCUT2D eigenvalue weighted by molar-refractivity contribution is 0.0751. The summed E-state index contributed by atoms with van der Waals surface area (Å²) >= 11 is 0. The minimum atomic E-state index is -0.0489. The third-order valence-electron chi connectivity index (χ3n) is 3.63. The van der Waals surface area contributed by atoms with Gasteiger partial charge in [0.2, 0.25) is 0 Å². The van der Waals surface area contributed by atoms with E-state index in [0.717, 1.165) is 0 Å². The average Bonchev–Trinajstić information content (AvgIpc) is 2.93. The second-order valence-corrected chi connectivity index (χ2v) is 5.05. The van der Waals surface area contributed by atoms with Crippen molar-refractivity contribution in [2.45, 2.75) is 20.0 Å². The monoisotopic (exact) mass is 283 g/mol. The number of rotatable bonds is 3. The molecule has 0 saturated carbocycles. The summed E-state index contributed by atoms with van der Waals surface area (Å²) < 4.78 is 5.33. The van der Waals surface area contributed by atoms with E-state index in [2.05, 4.69) is 0 Å². The largest absolute Gasteiger partial charge is 0.504 e. The zero-order valence-electron chi connectivity index (χ0n) is 11.9. The third kappa shape index (κ3) is 2.57. The lowest BCUT2D eigenvalue weighted by Crippen LogP contribution is -2.25. The fourth-order valence-corrected chi connectivity index (χ4v) is 2.58. The molecule has 0 fully saturated rings. The van der Waals surface area contributed by atoms with E-state index in [-0.39, 0.29) is 11.7 Å². The maximum Gasteiger partial charge on any atom is 0.254 e. The van der Waals surface area contributed by atoms with Crippen molar-refractivity contribution in [3.63, 3.8) is 0 Å². The first-order valence-corrected chi connectivity index (χ1v) is 7.01. The molecule has 2 aromatic carbocycles. The van der Waals surface area contributed by atoms with E-state index < -0.39 is 0 Å². The molecule has 1 aliphatic rings. The van der Waals surface area contributed by atoms with Crippen LogP contribution in [0.25, 0.3) is 0 Å². The fourth-order valence-electron chi connectivity index (χ4n) is 2.58. The van der Waals surface area contributed by atoms with E-state index in [1.54, 1.807) is 17.0 Å². The summed E-state index contributed by atoms with van der Waals surface area (Å²) in [5.74, 6) is 0.352. The molecule has 0 saturated heterocycles. The Bertz CT molecular complexity index is 656. The van der Waals surface area contributed by atoms with Gasteiger partial charge in [0.1, 0.15) is 0 Å². The van der Waals surface area contributed by atoms with Gasteiger partial charge >= 0.3 is 0 Å². The van der Waals surface area contributed by atoms with Gasteiger partial charge in [0, 0.05) is 18.7 Å². The van der Waals surface area contributed by atoms with Crippen molar-refractivity contribution < 1.29 is 14.6 Å². The molecule has 4 nitrogen and oxygen atoms in total. The Morgan fingerprint density at radius 1 is 1.19 bits per heavy atom. The number of nitrogens with zero attached hydrogens (tertiary/aromatic N) is 1. The van der Waals surface area contributed by atoms with E-state index in [9.17, 15) is 9.90 Å². The molecule has 0 spiro atoms. The molecule has 1 heterocycles. The molecule has 1 N–H and O–H groups in total. The zero-order valence-corrected chi connectivity index (χ0v) is 11.9. The van der Waals surface area contributed by atoms with Gasteiger partial charge in [-0.05, 0) is 36.2 Å². The van der Waals surface area contributed by atoms with Crippen LogP contribution < -0.4 is 4.74 Å². The van der Waals surface area contributed by atoms with Crippen molar-refractivity contribution in [1.29, 1.82) is 0 Å². The topological polar surface area (TPSA) is 49.8 Å². The molecule has 0 aromatic heterocycles. The van der Waals surface area contributed by atoms with Crippen molar-refractivity contribution in [3.8, 4) is 11.5 Å². The number of hydrogen-bond donors (Lipinski definition) is 1. The molecule has 0 atom stereocenters. The number of ether oxygens (including phenoxy) is 1. The van der Waals surface area contributed by atoms with Gasteiger partial charge < -0.3 is 14.7 Å². The van der Waals surface area contributed by atoms with Gasteiger partial charge in [-0.15, -0.1) is 0 Å². The summed E-state index contributed by atoms with van der Waals surface area (Å²) in [5, 5.41) is 9.71. The van der Waals surface area contributed by atoms with Crippen LogP contribution in [0.4, 0.5) is 0 Å². The molecule has 0 radical (unpaired) electrons. The number of fused-ring (bicyclic) bond motifs is 1. The molecule has 1 amide bonds. The normalized spacial score (nSPS) is 13.1. The predicted octanol–water partition coefficient (Wildman–Crippen LogP) is 2.95. The first-order chi connectivity index (χ1) is 10.2. The van der Waals surface area contributed by atoms with Gasteiger partial charge in [-0.3, -0.25) is 4.79 Å². The van der Waals surface area contributed by atoms with Crippen LogP contribution in [0, 0.1) is 0 Å². The summed E-state index contributed by atoms with van der Waals surface area (Å²) in [6.07, 6.45) is 0. The number of carbonyl (C=O) groups excluding carboxylic acids is 1. The molecular weight excluding hydrogens is 266 g/mol. The lowest BCUT2D eigenvalue weighted by atomic mass is 10.1. The van der Waals surface area contributed by atoms with Crippen LogP contribution in [-0.2, 0) is 13.1 Å². The number of phenols is 1. The van der Waals surface area contributed by atoms with E-state index >= 15 is 0 Å². The van der Waals surface area contributed by atoms with Crippen molar-refractivity contribution in [2.24, 2.45) is 0 Å². The van der Waals surface area contributed by atoms with E-state index in [1.165, 1.54) is 17.2 Å². The minimum absolute atomic E-state index is 0.0489. The Hall–Kier alpha value is -2.49. The number of phenolic OH excluding ortho intramolecular Hbond substituents is 1. The van der Waals surface area contributed by atoms with Crippen LogP contribution in [0.2, 0.25) is 0 Å². The van der Waals surface area contributed by atoms with Crippen molar-refractivity contribution in [3.05, 3.63) is 59.2 Å². The summed E-state index contributed by atoms with van der Waals surface area (Å²) in [4.78, 5) is 14.4. The second kappa shape index (κ2) is 5.48. The first kappa shape index (κ1) is 13.5. The van der Waals surface area contributed by atoms with Crippen LogP contribution in [0.5, 0.6) is 11.5 Å². The predicted molar refractivity (Wildman–Crippen MR) is 79.3 cm³/mol. The Kier molecular flexibility index (Phi) is 3.52. The summed E-state index contributed by atoms with van der Waals surface area (Å²) in [5.41, 5.74) is 2.91. The summed E-state index contributed by atoms with van der Waals surface area (Å²) in [7, 11) is 0.